The van der Waals surface area contributed by atoms with Crippen LogP contribution in [-0.2, 0) is 24.3 Å². The summed E-state index contributed by atoms with van der Waals surface area (Å²) in [6.07, 6.45) is 0. The van der Waals surface area contributed by atoms with Gasteiger partial charge in [0.1, 0.15) is 16.8 Å². The van der Waals surface area contributed by atoms with E-state index in [2.05, 4.69) is 10.0 Å². The number of hydrogen-bond acceptors (Lipinski definition) is 6. The molecular formula is C24H29FN2O6S. The summed E-state index contributed by atoms with van der Waals surface area (Å²) < 4.78 is 46.2. The number of ketones is 1. The molecule has 0 spiro atoms. The van der Waals surface area contributed by atoms with Gasteiger partial charge in [-0.15, -0.1) is 0 Å². The predicted molar refractivity (Wildman–Crippen MR) is 125 cm³/mol. The van der Waals surface area contributed by atoms with Gasteiger partial charge in [0.05, 0.1) is 0 Å². The molecule has 0 aliphatic rings. The molecule has 0 unspecified atom stereocenters. The Morgan fingerprint density at radius 1 is 1.00 bits per heavy atom. The quantitative estimate of drug-likeness (QED) is 0.408. The Bertz CT molecular complexity index is 1150. The fourth-order valence-corrected chi connectivity index (χ4v) is 4.13. The van der Waals surface area contributed by atoms with Gasteiger partial charge in [-0.1, -0.05) is 46.8 Å². The molecular weight excluding hydrogens is 463 g/mol. The van der Waals surface area contributed by atoms with Gasteiger partial charge < -0.3 is 10.1 Å². The molecule has 0 bridgehead atoms. The molecule has 0 saturated carbocycles. The number of ether oxygens (including phenoxy) is 1. The number of carbonyl (C=O) groups is 3. The van der Waals surface area contributed by atoms with E-state index in [1.807, 2.05) is 0 Å². The lowest BCUT2D eigenvalue weighted by Gasteiger charge is -2.21. The second-order valence-electron chi connectivity index (χ2n) is 9.09. The lowest BCUT2D eigenvalue weighted by molar-refractivity contribution is -0.145. The molecule has 2 rings (SSSR count). The molecule has 0 heterocycles. The third kappa shape index (κ3) is 7.19. The van der Waals surface area contributed by atoms with Crippen LogP contribution >= 0.6 is 0 Å². The molecule has 2 aromatic rings. The van der Waals surface area contributed by atoms with E-state index in [0.717, 1.165) is 12.1 Å². The molecule has 2 N–H and O–H groups in total. The van der Waals surface area contributed by atoms with Gasteiger partial charge in [0, 0.05) is 16.7 Å². The number of amides is 1. The molecule has 10 heteroatoms. The molecule has 34 heavy (non-hydrogen) atoms. The van der Waals surface area contributed by atoms with Crippen molar-refractivity contribution in [3.05, 3.63) is 59.9 Å². The summed E-state index contributed by atoms with van der Waals surface area (Å²) in [6, 6.07) is 9.53. The zero-order valence-electron chi connectivity index (χ0n) is 19.7. The first kappa shape index (κ1) is 27.1. The van der Waals surface area contributed by atoms with Crippen LogP contribution in [0.5, 0.6) is 0 Å². The molecule has 8 nitrogen and oxygen atoms in total. The smallest absolute Gasteiger partial charge is 0.324 e. The van der Waals surface area contributed by atoms with Gasteiger partial charge in [0.25, 0.3) is 0 Å². The SMILES string of the molecule is CC(C)[C@H](NS(=O)(=O)c1ccccc1F)C(=O)OCC(=O)c1ccc(NC(=O)C(C)(C)C)cc1. The van der Waals surface area contributed by atoms with E-state index < -0.39 is 56.5 Å². The molecule has 0 radical (unpaired) electrons. The van der Waals surface area contributed by atoms with Crippen LogP contribution in [0.1, 0.15) is 45.0 Å². The summed E-state index contributed by atoms with van der Waals surface area (Å²) in [4.78, 5) is 36.4. The van der Waals surface area contributed by atoms with E-state index in [1.165, 1.54) is 24.3 Å². The number of Topliss-reactive ketones (excluding diaryl/α,β-unsaturated/α-hetero) is 1. The number of nitrogens with one attached hydrogen (secondary N) is 2. The number of carbonyl (C=O) groups excluding carboxylic acids is 3. The largest absolute Gasteiger partial charge is 0.456 e. The van der Waals surface area contributed by atoms with Gasteiger partial charge >= 0.3 is 5.97 Å². The summed E-state index contributed by atoms with van der Waals surface area (Å²) >= 11 is 0. The Hall–Kier alpha value is -3.11. The van der Waals surface area contributed by atoms with Crippen LogP contribution in [0.25, 0.3) is 0 Å². The van der Waals surface area contributed by atoms with Crippen molar-refractivity contribution in [2.75, 3.05) is 11.9 Å². The normalized spacial score (nSPS) is 12.8. The molecule has 0 saturated heterocycles. The maximum atomic E-state index is 13.9. The first-order valence-corrected chi connectivity index (χ1v) is 12.1. The Kier molecular flexibility index (Phi) is 8.68. The molecule has 1 atom stereocenters. The van der Waals surface area contributed by atoms with Crippen molar-refractivity contribution < 1.29 is 31.9 Å². The van der Waals surface area contributed by atoms with Gasteiger partial charge in [-0.05, 0) is 42.3 Å². The Balaban J connectivity index is 2.03. The van der Waals surface area contributed by atoms with Crippen molar-refractivity contribution >= 4 is 33.4 Å². The van der Waals surface area contributed by atoms with E-state index in [-0.39, 0.29) is 11.5 Å². The van der Waals surface area contributed by atoms with Crippen LogP contribution in [0, 0.1) is 17.2 Å². The van der Waals surface area contributed by atoms with Gasteiger partial charge in [-0.2, -0.15) is 4.72 Å². The highest BCUT2D eigenvalue weighted by Gasteiger charge is 2.31. The molecule has 0 fully saturated rings. The predicted octanol–water partition coefficient (Wildman–Crippen LogP) is 3.54. The fourth-order valence-electron chi connectivity index (χ4n) is 2.72. The number of hydrogen-bond donors (Lipinski definition) is 2. The van der Waals surface area contributed by atoms with Gasteiger partial charge in [0.15, 0.2) is 12.4 Å². The monoisotopic (exact) mass is 492 g/mol. The lowest BCUT2D eigenvalue weighted by Crippen LogP contribution is -2.45. The van der Waals surface area contributed by atoms with Gasteiger partial charge in [-0.25, -0.2) is 12.8 Å². The van der Waals surface area contributed by atoms with Crippen molar-refractivity contribution in [2.24, 2.45) is 11.3 Å². The van der Waals surface area contributed by atoms with Crippen molar-refractivity contribution in [2.45, 2.75) is 45.6 Å². The van der Waals surface area contributed by atoms with E-state index in [9.17, 15) is 27.2 Å². The highest BCUT2D eigenvalue weighted by Crippen LogP contribution is 2.19. The Morgan fingerprint density at radius 2 is 1.59 bits per heavy atom. The number of rotatable bonds is 9. The summed E-state index contributed by atoms with van der Waals surface area (Å²) in [5.41, 5.74) is 0.175. The first-order chi connectivity index (χ1) is 15.7. The first-order valence-electron chi connectivity index (χ1n) is 10.6. The van der Waals surface area contributed by atoms with E-state index in [4.69, 9.17) is 4.74 Å². The zero-order chi connectivity index (χ0) is 25.7. The van der Waals surface area contributed by atoms with Crippen molar-refractivity contribution in [3.63, 3.8) is 0 Å². The number of benzene rings is 2. The van der Waals surface area contributed by atoms with Crippen molar-refractivity contribution in [3.8, 4) is 0 Å². The minimum Gasteiger partial charge on any atom is -0.456 e. The topological polar surface area (TPSA) is 119 Å². The summed E-state index contributed by atoms with van der Waals surface area (Å²) in [5, 5.41) is 2.74. The summed E-state index contributed by atoms with van der Waals surface area (Å²) in [5.74, 6) is -3.14. The molecule has 2 aromatic carbocycles. The van der Waals surface area contributed by atoms with E-state index in [0.29, 0.717) is 5.69 Å². The summed E-state index contributed by atoms with van der Waals surface area (Å²) in [6.45, 7) is 7.88. The average molecular weight is 493 g/mol. The molecule has 0 aliphatic heterocycles. The maximum absolute atomic E-state index is 13.9. The molecule has 0 aromatic heterocycles. The van der Waals surface area contributed by atoms with Crippen LogP contribution in [0.3, 0.4) is 0 Å². The molecule has 1 amide bonds. The number of anilines is 1. The lowest BCUT2D eigenvalue weighted by atomic mass is 9.95. The van der Waals surface area contributed by atoms with Gasteiger partial charge in [-0.3, -0.25) is 14.4 Å². The van der Waals surface area contributed by atoms with Crippen LogP contribution < -0.4 is 10.0 Å². The van der Waals surface area contributed by atoms with Crippen LogP contribution in [0.4, 0.5) is 10.1 Å². The highest BCUT2D eigenvalue weighted by atomic mass is 32.2. The third-order valence-electron chi connectivity index (χ3n) is 4.82. The van der Waals surface area contributed by atoms with Crippen LogP contribution in [-0.4, -0.2) is 38.7 Å². The minimum absolute atomic E-state index is 0.182. The average Bonchev–Trinajstić information content (AvgIpc) is 2.75. The van der Waals surface area contributed by atoms with Crippen LogP contribution in [0.15, 0.2) is 53.4 Å². The Labute approximate surface area is 198 Å². The number of halogens is 1. The number of sulfonamides is 1. The highest BCUT2D eigenvalue weighted by molar-refractivity contribution is 7.89. The van der Waals surface area contributed by atoms with Crippen LogP contribution in [0.2, 0.25) is 0 Å². The third-order valence-corrected chi connectivity index (χ3v) is 6.29. The van der Waals surface area contributed by atoms with Gasteiger partial charge in [0.2, 0.25) is 15.9 Å². The second kappa shape index (κ2) is 10.9. The van der Waals surface area contributed by atoms with E-state index >= 15 is 0 Å². The van der Waals surface area contributed by atoms with Crippen molar-refractivity contribution in [1.29, 1.82) is 0 Å². The standard InChI is InChI=1S/C24H29FN2O6S/c1-15(2)21(27-34(31,32)20-9-7-6-8-18(20)25)22(29)33-14-19(28)16-10-12-17(13-11-16)26-23(30)24(3,4)5/h6-13,15,21,27H,14H2,1-5H3,(H,26,30)/t21-/m0/s1. The van der Waals surface area contributed by atoms with Crippen molar-refractivity contribution in [1.82, 2.24) is 4.72 Å². The van der Waals surface area contributed by atoms with E-state index in [1.54, 1.807) is 46.8 Å². The maximum Gasteiger partial charge on any atom is 0.324 e. The second-order valence-corrected chi connectivity index (χ2v) is 10.8. The summed E-state index contributed by atoms with van der Waals surface area (Å²) in [7, 11) is -4.34. The number of esters is 1. The minimum atomic E-state index is -4.34. The Morgan fingerprint density at radius 3 is 2.12 bits per heavy atom. The fraction of sp³-hybridized carbons (Fsp3) is 0.375. The molecule has 184 valence electrons. The zero-order valence-corrected chi connectivity index (χ0v) is 20.5. The molecule has 0 aliphatic carbocycles.